The van der Waals surface area contributed by atoms with Crippen LogP contribution in [-0.2, 0) is 9.53 Å². The van der Waals surface area contributed by atoms with Gasteiger partial charge in [0.05, 0.1) is 5.56 Å². The molecule has 24 heavy (non-hydrogen) atoms. The largest absolute Gasteiger partial charge is 0.449 e. The molecule has 2 rings (SSSR count). The molecule has 2 aromatic carbocycles. The third-order valence-electron chi connectivity index (χ3n) is 3.72. The Labute approximate surface area is 141 Å². The summed E-state index contributed by atoms with van der Waals surface area (Å²) in [6.45, 7) is 7.41. The number of hydrogen-bond donors (Lipinski definition) is 2. The van der Waals surface area contributed by atoms with E-state index in [1.165, 1.54) is 0 Å². The van der Waals surface area contributed by atoms with Crippen molar-refractivity contribution in [3.05, 3.63) is 58.7 Å². The van der Waals surface area contributed by atoms with Gasteiger partial charge in [-0.2, -0.15) is 0 Å². The van der Waals surface area contributed by atoms with Crippen LogP contribution >= 0.6 is 0 Å². The Hall–Kier alpha value is -2.82. The molecular formula is C19H22N2O3. The predicted octanol–water partition coefficient (Wildman–Crippen LogP) is 3.38. The van der Waals surface area contributed by atoms with Crippen LogP contribution in [0.2, 0.25) is 0 Å². The molecule has 0 spiro atoms. The zero-order valence-electron chi connectivity index (χ0n) is 14.3. The van der Waals surface area contributed by atoms with Crippen molar-refractivity contribution in [3.63, 3.8) is 0 Å². The number of esters is 1. The molecule has 0 aliphatic rings. The van der Waals surface area contributed by atoms with Gasteiger partial charge >= 0.3 is 5.97 Å². The second-order valence-corrected chi connectivity index (χ2v) is 5.93. The number of anilines is 2. The fourth-order valence-electron chi connectivity index (χ4n) is 2.50. The Morgan fingerprint density at radius 2 is 1.58 bits per heavy atom. The summed E-state index contributed by atoms with van der Waals surface area (Å²) >= 11 is 0. The van der Waals surface area contributed by atoms with Crippen molar-refractivity contribution in [3.8, 4) is 0 Å². The molecule has 0 heterocycles. The summed E-state index contributed by atoms with van der Waals surface area (Å²) in [6.07, 6.45) is -0.907. The van der Waals surface area contributed by atoms with Gasteiger partial charge in [-0.1, -0.05) is 17.7 Å². The lowest BCUT2D eigenvalue weighted by Gasteiger charge is -2.17. The maximum Gasteiger partial charge on any atom is 0.338 e. The van der Waals surface area contributed by atoms with Crippen molar-refractivity contribution in [2.24, 2.45) is 0 Å². The quantitative estimate of drug-likeness (QED) is 0.666. The van der Waals surface area contributed by atoms with Gasteiger partial charge in [-0.05, 0) is 63.1 Å². The molecule has 0 fully saturated rings. The highest BCUT2D eigenvalue weighted by Gasteiger charge is 2.20. The van der Waals surface area contributed by atoms with Gasteiger partial charge in [0.15, 0.2) is 6.10 Å². The molecule has 0 unspecified atom stereocenters. The van der Waals surface area contributed by atoms with Gasteiger partial charge in [0.1, 0.15) is 0 Å². The fraction of sp³-hybridized carbons (Fsp3) is 0.263. The number of ether oxygens (including phenoxy) is 1. The summed E-state index contributed by atoms with van der Waals surface area (Å²) in [5.41, 5.74) is 10.3. The third-order valence-corrected chi connectivity index (χ3v) is 3.72. The number of hydrogen-bond acceptors (Lipinski definition) is 4. The van der Waals surface area contributed by atoms with Crippen LogP contribution in [0.15, 0.2) is 36.4 Å². The molecule has 0 saturated heterocycles. The smallest absolute Gasteiger partial charge is 0.338 e. The molecule has 3 N–H and O–H groups in total. The van der Waals surface area contributed by atoms with E-state index in [2.05, 4.69) is 5.32 Å². The molecule has 0 saturated carbocycles. The highest BCUT2D eigenvalue weighted by molar-refractivity contribution is 5.98. The lowest BCUT2D eigenvalue weighted by Crippen LogP contribution is -2.30. The molecule has 2 aromatic rings. The molecule has 126 valence electrons. The highest BCUT2D eigenvalue weighted by atomic mass is 16.5. The van der Waals surface area contributed by atoms with Gasteiger partial charge in [-0.25, -0.2) is 4.79 Å². The first-order chi connectivity index (χ1) is 11.3. The van der Waals surface area contributed by atoms with Crippen molar-refractivity contribution >= 4 is 23.3 Å². The SMILES string of the molecule is Cc1cc(C)c(NC(=O)[C@H](C)OC(=O)c2ccc(N)cc2)c(C)c1. The Morgan fingerprint density at radius 3 is 2.12 bits per heavy atom. The predicted molar refractivity (Wildman–Crippen MR) is 95.0 cm³/mol. The van der Waals surface area contributed by atoms with E-state index in [9.17, 15) is 9.59 Å². The molecular weight excluding hydrogens is 304 g/mol. The van der Waals surface area contributed by atoms with Crippen molar-refractivity contribution in [2.45, 2.75) is 33.8 Å². The number of carbonyl (C=O) groups excluding carboxylic acids is 2. The maximum atomic E-state index is 12.3. The van der Waals surface area contributed by atoms with Gasteiger partial charge in [0.25, 0.3) is 5.91 Å². The minimum atomic E-state index is -0.907. The summed E-state index contributed by atoms with van der Waals surface area (Å²) in [7, 11) is 0. The molecule has 0 aromatic heterocycles. The molecule has 5 heteroatoms. The monoisotopic (exact) mass is 326 g/mol. The van der Waals surface area contributed by atoms with E-state index in [1.54, 1.807) is 31.2 Å². The minimum absolute atomic E-state index is 0.353. The molecule has 1 atom stereocenters. The van der Waals surface area contributed by atoms with Crippen molar-refractivity contribution in [1.29, 1.82) is 0 Å². The summed E-state index contributed by atoms with van der Waals surface area (Å²) in [6, 6.07) is 10.3. The number of amides is 1. The van der Waals surface area contributed by atoms with Crippen LogP contribution in [0, 0.1) is 20.8 Å². The number of nitrogen functional groups attached to an aromatic ring is 1. The number of nitrogens with one attached hydrogen (secondary N) is 1. The molecule has 0 aliphatic heterocycles. The minimum Gasteiger partial charge on any atom is -0.449 e. The number of aryl methyl sites for hydroxylation is 3. The summed E-state index contributed by atoms with van der Waals surface area (Å²) in [5.74, 6) is -0.927. The topological polar surface area (TPSA) is 81.4 Å². The molecule has 0 radical (unpaired) electrons. The Morgan fingerprint density at radius 1 is 1.04 bits per heavy atom. The number of nitrogens with two attached hydrogens (primary N) is 1. The number of benzene rings is 2. The van der Waals surface area contributed by atoms with E-state index >= 15 is 0 Å². The highest BCUT2D eigenvalue weighted by Crippen LogP contribution is 2.22. The van der Waals surface area contributed by atoms with Crippen LogP contribution in [0.5, 0.6) is 0 Å². The van der Waals surface area contributed by atoms with E-state index in [-0.39, 0.29) is 5.91 Å². The summed E-state index contributed by atoms with van der Waals surface area (Å²) < 4.78 is 5.22. The summed E-state index contributed by atoms with van der Waals surface area (Å²) in [4.78, 5) is 24.4. The van der Waals surface area contributed by atoms with Crippen LogP contribution in [0.4, 0.5) is 11.4 Å². The summed E-state index contributed by atoms with van der Waals surface area (Å²) in [5, 5.41) is 2.84. The van der Waals surface area contributed by atoms with Crippen molar-refractivity contribution < 1.29 is 14.3 Å². The van der Waals surface area contributed by atoms with Gasteiger partial charge < -0.3 is 15.8 Å². The second-order valence-electron chi connectivity index (χ2n) is 5.93. The zero-order chi connectivity index (χ0) is 17.9. The van der Waals surface area contributed by atoms with Crippen LogP contribution in [0.3, 0.4) is 0 Å². The van der Waals surface area contributed by atoms with E-state index in [4.69, 9.17) is 10.5 Å². The van der Waals surface area contributed by atoms with Gasteiger partial charge in [0.2, 0.25) is 0 Å². The number of rotatable bonds is 4. The van der Waals surface area contributed by atoms with Crippen LogP contribution in [0.25, 0.3) is 0 Å². The van der Waals surface area contributed by atoms with Crippen molar-refractivity contribution in [2.75, 3.05) is 11.1 Å². The van der Waals surface area contributed by atoms with E-state index in [1.807, 2.05) is 32.9 Å². The zero-order valence-corrected chi connectivity index (χ0v) is 14.3. The van der Waals surface area contributed by atoms with Crippen LogP contribution < -0.4 is 11.1 Å². The third kappa shape index (κ3) is 4.13. The fourth-order valence-corrected chi connectivity index (χ4v) is 2.50. The van der Waals surface area contributed by atoms with Gasteiger partial charge in [0, 0.05) is 11.4 Å². The first-order valence-corrected chi connectivity index (χ1v) is 7.73. The van der Waals surface area contributed by atoms with E-state index in [0.717, 1.165) is 22.4 Å². The van der Waals surface area contributed by atoms with E-state index < -0.39 is 12.1 Å². The Balaban J connectivity index is 2.05. The molecule has 1 amide bonds. The van der Waals surface area contributed by atoms with Gasteiger partial charge in [-0.15, -0.1) is 0 Å². The first kappa shape index (κ1) is 17.5. The van der Waals surface area contributed by atoms with E-state index in [0.29, 0.717) is 11.3 Å². The first-order valence-electron chi connectivity index (χ1n) is 7.73. The Kier molecular flexibility index (Phi) is 5.24. The molecule has 5 nitrogen and oxygen atoms in total. The number of carbonyl (C=O) groups is 2. The van der Waals surface area contributed by atoms with Crippen LogP contribution in [-0.4, -0.2) is 18.0 Å². The maximum absolute atomic E-state index is 12.3. The second kappa shape index (κ2) is 7.17. The molecule has 0 aliphatic carbocycles. The standard InChI is InChI=1S/C19H22N2O3/c1-11-9-12(2)17(13(3)10-11)21-18(22)14(4)24-19(23)15-5-7-16(20)8-6-15/h5-10,14H,20H2,1-4H3,(H,21,22)/t14-/m0/s1. The molecule has 0 bridgehead atoms. The van der Waals surface area contributed by atoms with Crippen molar-refractivity contribution in [1.82, 2.24) is 0 Å². The van der Waals surface area contributed by atoms with Gasteiger partial charge in [-0.3, -0.25) is 4.79 Å². The Bertz CT molecular complexity index is 744. The lowest BCUT2D eigenvalue weighted by molar-refractivity contribution is -0.123. The normalized spacial score (nSPS) is 11.7. The van der Waals surface area contributed by atoms with Crippen LogP contribution in [0.1, 0.15) is 34.0 Å². The average molecular weight is 326 g/mol. The lowest BCUT2D eigenvalue weighted by atomic mass is 10.0. The average Bonchev–Trinajstić information content (AvgIpc) is 2.51.